The van der Waals surface area contributed by atoms with Crippen molar-refractivity contribution in [1.29, 1.82) is 0 Å². The monoisotopic (exact) mass is 391 g/mol. The average Bonchev–Trinajstić information content (AvgIpc) is 2.59. The standard InChI is InChI=1S/C20H22ClNO3S/c1-13-7-6-8-14(2)19(13)22-20(24)15(3)25-18(23)12-26-11-16-9-4-5-10-17(16)21/h4-10,15H,11-12H2,1-3H3,(H,22,24)/t15-/m1/s1. The van der Waals surface area contributed by atoms with Crippen LogP contribution in [0.15, 0.2) is 42.5 Å². The second-order valence-electron chi connectivity index (χ2n) is 5.97. The number of rotatable bonds is 7. The van der Waals surface area contributed by atoms with Crippen LogP contribution in [0.5, 0.6) is 0 Å². The fraction of sp³-hybridized carbons (Fsp3) is 0.300. The molecule has 0 saturated heterocycles. The molecule has 2 rings (SSSR count). The minimum atomic E-state index is -0.859. The zero-order valence-electron chi connectivity index (χ0n) is 15.0. The normalized spacial score (nSPS) is 11.7. The van der Waals surface area contributed by atoms with Crippen molar-refractivity contribution < 1.29 is 14.3 Å². The van der Waals surface area contributed by atoms with Crippen molar-refractivity contribution in [3.63, 3.8) is 0 Å². The van der Waals surface area contributed by atoms with Gasteiger partial charge < -0.3 is 10.1 Å². The first kappa shape index (κ1) is 20.3. The molecular weight excluding hydrogens is 370 g/mol. The van der Waals surface area contributed by atoms with Crippen molar-refractivity contribution in [2.75, 3.05) is 11.1 Å². The maximum absolute atomic E-state index is 12.3. The fourth-order valence-electron chi connectivity index (χ4n) is 2.38. The maximum atomic E-state index is 12.3. The second kappa shape index (κ2) is 9.64. The zero-order valence-corrected chi connectivity index (χ0v) is 16.6. The van der Waals surface area contributed by atoms with Crippen LogP contribution in [0.3, 0.4) is 0 Å². The molecule has 4 nitrogen and oxygen atoms in total. The molecule has 6 heteroatoms. The van der Waals surface area contributed by atoms with Gasteiger partial charge in [-0.05, 0) is 43.5 Å². The van der Waals surface area contributed by atoms with Crippen molar-refractivity contribution >= 4 is 40.9 Å². The average molecular weight is 392 g/mol. The highest BCUT2D eigenvalue weighted by atomic mass is 35.5. The lowest BCUT2D eigenvalue weighted by molar-refractivity contribution is -0.150. The van der Waals surface area contributed by atoms with Crippen LogP contribution in [-0.4, -0.2) is 23.7 Å². The Kier molecular flexibility index (Phi) is 7.54. The van der Waals surface area contributed by atoms with Crippen molar-refractivity contribution in [2.24, 2.45) is 0 Å². The van der Waals surface area contributed by atoms with Gasteiger partial charge in [0.25, 0.3) is 5.91 Å². The number of ether oxygens (including phenoxy) is 1. The minimum Gasteiger partial charge on any atom is -0.452 e. The maximum Gasteiger partial charge on any atom is 0.316 e. The predicted molar refractivity (Wildman–Crippen MR) is 108 cm³/mol. The number of hydrogen-bond donors (Lipinski definition) is 1. The zero-order chi connectivity index (χ0) is 19.1. The molecule has 0 aliphatic rings. The van der Waals surface area contributed by atoms with Crippen molar-refractivity contribution in [2.45, 2.75) is 32.6 Å². The van der Waals surface area contributed by atoms with Crippen LogP contribution in [0.2, 0.25) is 5.02 Å². The lowest BCUT2D eigenvalue weighted by Crippen LogP contribution is -2.31. The van der Waals surface area contributed by atoms with E-state index in [2.05, 4.69) is 5.32 Å². The van der Waals surface area contributed by atoms with E-state index in [0.717, 1.165) is 22.4 Å². The van der Waals surface area contributed by atoms with E-state index in [9.17, 15) is 9.59 Å². The van der Waals surface area contributed by atoms with Crippen molar-refractivity contribution in [3.8, 4) is 0 Å². The van der Waals surface area contributed by atoms with Gasteiger partial charge in [0.15, 0.2) is 6.10 Å². The number of esters is 1. The number of carbonyl (C=O) groups excluding carboxylic acids is 2. The van der Waals surface area contributed by atoms with Gasteiger partial charge in [0.05, 0.1) is 5.75 Å². The largest absolute Gasteiger partial charge is 0.452 e. The van der Waals surface area contributed by atoms with Crippen LogP contribution in [0.4, 0.5) is 5.69 Å². The molecule has 0 bridgehead atoms. The number of halogens is 1. The van der Waals surface area contributed by atoms with E-state index in [4.69, 9.17) is 16.3 Å². The van der Waals surface area contributed by atoms with Crippen LogP contribution in [0, 0.1) is 13.8 Å². The van der Waals surface area contributed by atoms with E-state index >= 15 is 0 Å². The third kappa shape index (κ3) is 5.78. The van der Waals surface area contributed by atoms with Crippen molar-refractivity contribution in [1.82, 2.24) is 0 Å². The van der Waals surface area contributed by atoms with Crippen LogP contribution >= 0.6 is 23.4 Å². The summed E-state index contributed by atoms with van der Waals surface area (Å²) in [6.45, 7) is 5.41. The topological polar surface area (TPSA) is 55.4 Å². The molecule has 0 aromatic heterocycles. The summed E-state index contributed by atoms with van der Waals surface area (Å²) < 4.78 is 5.23. The Morgan fingerprint density at radius 1 is 1.12 bits per heavy atom. The van der Waals surface area contributed by atoms with Gasteiger partial charge in [-0.3, -0.25) is 9.59 Å². The molecular formula is C20H22ClNO3S. The Morgan fingerprint density at radius 3 is 2.42 bits per heavy atom. The molecule has 1 atom stereocenters. The molecule has 0 aliphatic heterocycles. The highest BCUT2D eigenvalue weighted by Crippen LogP contribution is 2.21. The van der Waals surface area contributed by atoms with Gasteiger partial charge in [0.2, 0.25) is 0 Å². The minimum absolute atomic E-state index is 0.159. The smallest absolute Gasteiger partial charge is 0.316 e. The number of hydrogen-bond acceptors (Lipinski definition) is 4. The Morgan fingerprint density at radius 2 is 1.77 bits per heavy atom. The molecule has 0 radical (unpaired) electrons. The van der Waals surface area contributed by atoms with Crippen LogP contribution < -0.4 is 5.32 Å². The third-order valence-corrected chi connectivity index (χ3v) is 5.17. The van der Waals surface area contributed by atoms with Crippen LogP contribution in [-0.2, 0) is 20.1 Å². The van der Waals surface area contributed by atoms with Gasteiger partial charge in [0, 0.05) is 16.5 Å². The molecule has 0 saturated carbocycles. The van der Waals surface area contributed by atoms with Gasteiger partial charge in [-0.25, -0.2) is 0 Å². The molecule has 0 aliphatic carbocycles. The van der Waals surface area contributed by atoms with Crippen molar-refractivity contribution in [3.05, 3.63) is 64.2 Å². The van der Waals surface area contributed by atoms with Crippen LogP contribution in [0.25, 0.3) is 0 Å². The molecule has 0 unspecified atom stereocenters. The Hall–Kier alpha value is -1.98. The highest BCUT2D eigenvalue weighted by molar-refractivity contribution is 7.99. The first-order chi connectivity index (χ1) is 12.4. The number of aryl methyl sites for hydroxylation is 2. The summed E-state index contributed by atoms with van der Waals surface area (Å²) in [5.41, 5.74) is 3.65. The summed E-state index contributed by atoms with van der Waals surface area (Å²) in [5.74, 6) is 0.00217. The fourth-order valence-corrected chi connectivity index (χ4v) is 3.47. The van der Waals surface area contributed by atoms with Gasteiger partial charge in [-0.15, -0.1) is 11.8 Å². The Bertz CT molecular complexity index is 774. The highest BCUT2D eigenvalue weighted by Gasteiger charge is 2.19. The third-order valence-electron chi connectivity index (χ3n) is 3.84. The molecule has 0 fully saturated rings. The summed E-state index contributed by atoms with van der Waals surface area (Å²) in [6, 6.07) is 13.3. The molecule has 138 valence electrons. The number of benzene rings is 2. The molecule has 0 spiro atoms. The Balaban J connectivity index is 1.81. The number of anilines is 1. The lowest BCUT2D eigenvalue weighted by Gasteiger charge is -2.16. The van der Waals surface area contributed by atoms with Gasteiger partial charge >= 0.3 is 5.97 Å². The number of nitrogens with one attached hydrogen (secondary N) is 1. The van der Waals surface area contributed by atoms with Gasteiger partial charge in [-0.2, -0.15) is 0 Å². The second-order valence-corrected chi connectivity index (χ2v) is 7.37. The molecule has 1 N–H and O–H groups in total. The van der Waals surface area contributed by atoms with E-state index in [1.165, 1.54) is 11.8 Å². The van der Waals surface area contributed by atoms with E-state index in [0.29, 0.717) is 10.8 Å². The molecule has 0 heterocycles. The van der Waals surface area contributed by atoms with E-state index < -0.39 is 12.1 Å². The number of para-hydroxylation sites is 1. The van der Waals surface area contributed by atoms with Gasteiger partial charge in [-0.1, -0.05) is 48.0 Å². The quantitative estimate of drug-likeness (QED) is 0.691. The van der Waals surface area contributed by atoms with E-state index in [1.54, 1.807) is 6.92 Å². The molecule has 2 aromatic rings. The van der Waals surface area contributed by atoms with E-state index in [1.807, 2.05) is 56.3 Å². The predicted octanol–water partition coefficient (Wildman–Crippen LogP) is 4.76. The Labute approximate surface area is 163 Å². The first-order valence-corrected chi connectivity index (χ1v) is 9.79. The molecule has 26 heavy (non-hydrogen) atoms. The summed E-state index contributed by atoms with van der Waals surface area (Å²) in [5, 5.41) is 3.51. The number of thioether (sulfide) groups is 1. The summed E-state index contributed by atoms with van der Waals surface area (Å²) >= 11 is 7.49. The van der Waals surface area contributed by atoms with E-state index in [-0.39, 0.29) is 11.7 Å². The lowest BCUT2D eigenvalue weighted by atomic mass is 10.1. The summed E-state index contributed by atoms with van der Waals surface area (Å²) in [4.78, 5) is 24.2. The van der Waals surface area contributed by atoms with Gasteiger partial charge in [0.1, 0.15) is 0 Å². The summed E-state index contributed by atoms with van der Waals surface area (Å²) in [7, 11) is 0. The molecule has 2 aromatic carbocycles. The SMILES string of the molecule is Cc1cccc(C)c1NC(=O)[C@@H](C)OC(=O)CSCc1ccccc1Cl. The first-order valence-electron chi connectivity index (χ1n) is 8.26. The summed E-state index contributed by atoms with van der Waals surface area (Å²) in [6.07, 6.45) is -0.859. The van der Waals surface area contributed by atoms with Crippen LogP contribution in [0.1, 0.15) is 23.6 Å². The number of amides is 1. The molecule has 1 amide bonds. The number of carbonyl (C=O) groups is 2.